The van der Waals surface area contributed by atoms with Gasteiger partial charge in [-0.1, -0.05) is 0 Å². The standard InChI is InChI=1S/C7H10N2O3/c1-9(4-10)3-5-2-6(11)8-7(5)12/h3-4,6,11H,2H2,1H3,(H,8,12). The Bertz CT molecular complexity index is 237. The van der Waals surface area contributed by atoms with E-state index in [1.54, 1.807) is 0 Å². The number of aliphatic hydroxyl groups excluding tert-OH is 1. The average molecular weight is 170 g/mol. The second-order valence-corrected chi connectivity index (χ2v) is 2.62. The summed E-state index contributed by atoms with van der Waals surface area (Å²) in [4.78, 5) is 22.4. The molecule has 66 valence electrons. The van der Waals surface area contributed by atoms with E-state index in [9.17, 15) is 9.59 Å². The van der Waals surface area contributed by atoms with Gasteiger partial charge in [-0.25, -0.2) is 0 Å². The summed E-state index contributed by atoms with van der Waals surface area (Å²) in [6.45, 7) is 0. The lowest BCUT2D eigenvalue weighted by Gasteiger charge is -2.02. The van der Waals surface area contributed by atoms with Gasteiger partial charge in [0.2, 0.25) is 6.41 Å². The maximum atomic E-state index is 11.0. The predicted octanol–water partition coefficient (Wildman–Crippen LogP) is -1.20. The van der Waals surface area contributed by atoms with E-state index in [4.69, 9.17) is 5.11 Å². The Balaban J connectivity index is 2.69. The summed E-state index contributed by atoms with van der Waals surface area (Å²) >= 11 is 0. The van der Waals surface area contributed by atoms with Crippen molar-refractivity contribution in [2.24, 2.45) is 0 Å². The fraction of sp³-hybridized carbons (Fsp3) is 0.429. The number of nitrogens with one attached hydrogen (secondary N) is 1. The lowest BCUT2D eigenvalue weighted by molar-refractivity contribution is -0.117. The molecule has 1 saturated heterocycles. The lowest BCUT2D eigenvalue weighted by Crippen LogP contribution is -2.24. The molecule has 5 nitrogen and oxygen atoms in total. The van der Waals surface area contributed by atoms with Gasteiger partial charge in [-0.05, 0) is 0 Å². The zero-order chi connectivity index (χ0) is 9.14. The van der Waals surface area contributed by atoms with E-state index >= 15 is 0 Å². The molecule has 5 heteroatoms. The zero-order valence-electron chi connectivity index (χ0n) is 6.65. The summed E-state index contributed by atoms with van der Waals surface area (Å²) in [6, 6.07) is 0. The van der Waals surface area contributed by atoms with Crippen LogP contribution in [-0.2, 0) is 9.59 Å². The molecule has 0 aromatic heterocycles. The van der Waals surface area contributed by atoms with Crippen LogP contribution in [0.2, 0.25) is 0 Å². The maximum absolute atomic E-state index is 11.0. The highest BCUT2D eigenvalue weighted by Crippen LogP contribution is 2.12. The zero-order valence-corrected chi connectivity index (χ0v) is 6.65. The SMILES string of the molecule is CN(C=O)C=C1CC(O)NC1=O. The Morgan fingerprint density at radius 2 is 2.42 bits per heavy atom. The number of amides is 2. The molecule has 0 radical (unpaired) electrons. The van der Waals surface area contributed by atoms with Crippen molar-refractivity contribution in [2.75, 3.05) is 7.05 Å². The normalized spacial score (nSPS) is 25.7. The van der Waals surface area contributed by atoms with Gasteiger partial charge in [0.15, 0.2) is 0 Å². The molecule has 12 heavy (non-hydrogen) atoms. The van der Waals surface area contributed by atoms with Crippen molar-refractivity contribution < 1.29 is 14.7 Å². The highest BCUT2D eigenvalue weighted by Gasteiger charge is 2.24. The van der Waals surface area contributed by atoms with Gasteiger partial charge in [-0.15, -0.1) is 0 Å². The molecule has 0 saturated carbocycles. The number of aliphatic hydroxyl groups is 1. The first-order valence-electron chi connectivity index (χ1n) is 3.50. The van der Waals surface area contributed by atoms with Crippen molar-refractivity contribution >= 4 is 12.3 Å². The molecule has 2 N–H and O–H groups in total. The molecule has 1 aliphatic rings. The first-order valence-corrected chi connectivity index (χ1v) is 3.50. The van der Waals surface area contributed by atoms with Crippen LogP contribution in [0, 0.1) is 0 Å². The fourth-order valence-corrected chi connectivity index (χ4v) is 0.984. The highest BCUT2D eigenvalue weighted by molar-refractivity contribution is 5.95. The predicted molar refractivity (Wildman–Crippen MR) is 40.7 cm³/mol. The van der Waals surface area contributed by atoms with Crippen LogP contribution in [0.1, 0.15) is 6.42 Å². The molecule has 0 aromatic rings. The van der Waals surface area contributed by atoms with Gasteiger partial charge in [-0.3, -0.25) is 9.59 Å². The van der Waals surface area contributed by atoms with Gasteiger partial charge in [0.1, 0.15) is 6.23 Å². The monoisotopic (exact) mass is 170 g/mol. The molecule has 0 bridgehead atoms. The third-order valence-electron chi connectivity index (χ3n) is 1.53. The largest absolute Gasteiger partial charge is 0.373 e. The van der Waals surface area contributed by atoms with Gasteiger partial charge >= 0.3 is 0 Å². The summed E-state index contributed by atoms with van der Waals surface area (Å²) in [5.41, 5.74) is 0.414. The maximum Gasteiger partial charge on any atom is 0.250 e. The van der Waals surface area contributed by atoms with E-state index in [0.29, 0.717) is 12.0 Å². The molecular formula is C7H10N2O3. The molecule has 0 aliphatic carbocycles. The molecule has 0 aromatic carbocycles. The Kier molecular flexibility index (Phi) is 2.44. The first kappa shape index (κ1) is 8.73. The number of carbonyl (C=O) groups is 2. The van der Waals surface area contributed by atoms with Crippen molar-refractivity contribution in [3.63, 3.8) is 0 Å². The van der Waals surface area contributed by atoms with Crippen LogP contribution in [0.25, 0.3) is 0 Å². The molecule has 1 fully saturated rings. The molecule has 1 atom stereocenters. The molecule has 2 amide bonds. The van der Waals surface area contributed by atoms with E-state index in [1.807, 2.05) is 0 Å². The van der Waals surface area contributed by atoms with Crippen LogP contribution in [0.5, 0.6) is 0 Å². The number of hydrogen-bond donors (Lipinski definition) is 2. The summed E-state index contributed by atoms with van der Waals surface area (Å²) in [7, 11) is 1.53. The number of carbonyl (C=O) groups excluding carboxylic acids is 2. The van der Waals surface area contributed by atoms with Crippen LogP contribution >= 0.6 is 0 Å². The van der Waals surface area contributed by atoms with Crippen LogP contribution in [0.4, 0.5) is 0 Å². The van der Waals surface area contributed by atoms with Crippen LogP contribution < -0.4 is 5.32 Å². The quantitative estimate of drug-likeness (QED) is 0.404. The van der Waals surface area contributed by atoms with Crippen LogP contribution in [0.15, 0.2) is 11.8 Å². The van der Waals surface area contributed by atoms with Gasteiger partial charge < -0.3 is 15.3 Å². The van der Waals surface area contributed by atoms with E-state index in [-0.39, 0.29) is 12.3 Å². The van der Waals surface area contributed by atoms with E-state index in [1.165, 1.54) is 18.1 Å². The Labute approximate surface area is 69.7 Å². The van der Waals surface area contributed by atoms with Crippen molar-refractivity contribution in [1.29, 1.82) is 0 Å². The highest BCUT2D eigenvalue weighted by atomic mass is 16.3. The topological polar surface area (TPSA) is 69.6 Å². The second-order valence-electron chi connectivity index (χ2n) is 2.62. The minimum absolute atomic E-state index is 0.247. The molecule has 1 heterocycles. The van der Waals surface area contributed by atoms with Gasteiger partial charge in [0, 0.05) is 25.2 Å². The van der Waals surface area contributed by atoms with E-state index in [2.05, 4.69) is 5.32 Å². The Morgan fingerprint density at radius 1 is 1.75 bits per heavy atom. The lowest BCUT2D eigenvalue weighted by atomic mass is 10.2. The van der Waals surface area contributed by atoms with Gasteiger partial charge in [0.25, 0.3) is 5.91 Å². The summed E-state index contributed by atoms with van der Waals surface area (Å²) in [6.07, 6.45) is 1.42. The molecule has 1 unspecified atom stereocenters. The fourth-order valence-electron chi connectivity index (χ4n) is 0.984. The summed E-state index contributed by atoms with van der Waals surface area (Å²) < 4.78 is 0. The second kappa shape index (κ2) is 3.36. The Morgan fingerprint density at radius 3 is 2.83 bits per heavy atom. The minimum Gasteiger partial charge on any atom is -0.373 e. The smallest absolute Gasteiger partial charge is 0.250 e. The van der Waals surface area contributed by atoms with Crippen LogP contribution in [-0.4, -0.2) is 35.6 Å². The summed E-state index contributed by atoms with van der Waals surface area (Å²) in [5.74, 6) is -0.323. The van der Waals surface area contributed by atoms with Crippen molar-refractivity contribution in [1.82, 2.24) is 10.2 Å². The molecule has 1 aliphatic heterocycles. The third kappa shape index (κ3) is 1.82. The van der Waals surface area contributed by atoms with Gasteiger partial charge in [0.05, 0.1) is 0 Å². The van der Waals surface area contributed by atoms with Gasteiger partial charge in [-0.2, -0.15) is 0 Å². The number of nitrogens with zero attached hydrogens (tertiary/aromatic N) is 1. The first-order chi connectivity index (χ1) is 5.63. The van der Waals surface area contributed by atoms with Crippen molar-refractivity contribution in [2.45, 2.75) is 12.6 Å². The van der Waals surface area contributed by atoms with Crippen molar-refractivity contribution in [3.8, 4) is 0 Å². The minimum atomic E-state index is -0.816. The van der Waals surface area contributed by atoms with Crippen LogP contribution in [0.3, 0.4) is 0 Å². The van der Waals surface area contributed by atoms with E-state index < -0.39 is 6.23 Å². The molecule has 0 spiro atoms. The molecule has 1 rings (SSSR count). The van der Waals surface area contributed by atoms with Crippen molar-refractivity contribution in [3.05, 3.63) is 11.8 Å². The molecular weight excluding hydrogens is 160 g/mol. The third-order valence-corrected chi connectivity index (χ3v) is 1.53. The average Bonchev–Trinajstić information content (AvgIpc) is 2.30. The summed E-state index contributed by atoms with van der Waals surface area (Å²) in [5, 5.41) is 11.3. The van der Waals surface area contributed by atoms with E-state index in [0.717, 1.165) is 0 Å². The Hall–Kier alpha value is -1.36. The number of rotatable bonds is 2. The number of hydrogen-bond acceptors (Lipinski definition) is 3.